The maximum Gasteiger partial charge on any atom is 0.264 e. The number of benzene rings is 3. The minimum Gasteiger partial charge on any atom is -0.494 e. The molecule has 0 aromatic heterocycles. The predicted octanol–water partition coefficient (Wildman–Crippen LogP) is 4.94. The second kappa shape index (κ2) is 16.0. The molecular weight excluding hydrogens is 582 g/mol. The van der Waals surface area contributed by atoms with Gasteiger partial charge in [0.05, 0.1) is 31.4 Å². The van der Waals surface area contributed by atoms with Crippen LogP contribution >= 0.6 is 0 Å². The molecular formula is C33H43N3O7S. The van der Waals surface area contributed by atoms with Gasteiger partial charge in [-0.1, -0.05) is 37.6 Å². The van der Waals surface area contributed by atoms with Crippen LogP contribution in [0.15, 0.2) is 71.6 Å². The average molecular weight is 626 g/mol. The zero-order valence-corrected chi connectivity index (χ0v) is 27.1. The summed E-state index contributed by atoms with van der Waals surface area (Å²) in [6.45, 7) is 7.96. The minimum atomic E-state index is -4.30. The summed E-state index contributed by atoms with van der Waals surface area (Å²) < 4.78 is 45.6. The Morgan fingerprint density at radius 2 is 1.61 bits per heavy atom. The van der Waals surface area contributed by atoms with Crippen molar-refractivity contribution in [1.82, 2.24) is 10.2 Å². The Hall–Kier alpha value is -4.25. The van der Waals surface area contributed by atoms with Crippen molar-refractivity contribution in [2.75, 3.05) is 38.2 Å². The van der Waals surface area contributed by atoms with Gasteiger partial charge in [0.15, 0.2) is 11.5 Å². The van der Waals surface area contributed by atoms with Crippen molar-refractivity contribution < 1.29 is 32.2 Å². The van der Waals surface area contributed by atoms with Gasteiger partial charge in [-0.25, -0.2) is 8.42 Å². The molecule has 11 heteroatoms. The van der Waals surface area contributed by atoms with E-state index in [0.717, 1.165) is 28.3 Å². The summed E-state index contributed by atoms with van der Waals surface area (Å²) in [6, 6.07) is 17.4. The molecule has 0 radical (unpaired) electrons. The number of carbonyl (C=O) groups is 2. The Morgan fingerprint density at radius 3 is 2.23 bits per heavy atom. The number of anilines is 1. The van der Waals surface area contributed by atoms with Crippen LogP contribution in [0.3, 0.4) is 0 Å². The first-order valence-electron chi connectivity index (χ1n) is 14.7. The third kappa shape index (κ3) is 8.43. The number of nitrogens with one attached hydrogen (secondary N) is 1. The van der Waals surface area contributed by atoms with Gasteiger partial charge in [0.25, 0.3) is 10.0 Å². The van der Waals surface area contributed by atoms with Crippen LogP contribution in [0.5, 0.6) is 17.2 Å². The molecule has 1 atom stereocenters. The molecule has 1 N–H and O–H groups in total. The van der Waals surface area contributed by atoms with Crippen molar-refractivity contribution in [3.8, 4) is 17.2 Å². The normalized spacial score (nSPS) is 11.8. The highest BCUT2D eigenvalue weighted by Crippen LogP contribution is 2.33. The van der Waals surface area contributed by atoms with Crippen LogP contribution in [0, 0.1) is 6.92 Å². The van der Waals surface area contributed by atoms with Crippen molar-refractivity contribution in [3.05, 3.63) is 77.9 Å². The highest BCUT2D eigenvalue weighted by molar-refractivity contribution is 7.92. The van der Waals surface area contributed by atoms with Gasteiger partial charge < -0.3 is 24.4 Å². The number of rotatable bonds is 16. The standard InChI is InChI=1S/C33H43N3O7S/c1-7-9-20-34-33(38)25(4)35(22-26-13-11-10-12-24(26)3)32(37)23-36(27-14-16-28(17-15-27)43-8-2)44(39,40)29-18-19-30(41-5)31(21-29)42-6/h10-19,21,25H,7-9,20,22-23H2,1-6H3,(H,34,38). The molecule has 10 nitrogen and oxygen atoms in total. The highest BCUT2D eigenvalue weighted by Gasteiger charge is 2.33. The molecule has 0 bridgehead atoms. The third-order valence-corrected chi connectivity index (χ3v) is 9.03. The van der Waals surface area contributed by atoms with Gasteiger partial charge in [-0.15, -0.1) is 0 Å². The highest BCUT2D eigenvalue weighted by atomic mass is 32.2. The summed E-state index contributed by atoms with van der Waals surface area (Å²) in [6.07, 6.45) is 1.71. The fraction of sp³-hybridized carbons (Fsp3) is 0.394. The number of carbonyl (C=O) groups excluding carboxylic acids is 2. The van der Waals surface area contributed by atoms with Crippen LogP contribution < -0.4 is 23.8 Å². The number of sulfonamides is 1. The van der Waals surface area contributed by atoms with Gasteiger partial charge in [-0.05, 0) is 74.7 Å². The molecule has 238 valence electrons. The molecule has 3 rings (SSSR count). The first kappa shape index (κ1) is 34.2. The van der Waals surface area contributed by atoms with Crippen LogP contribution in [-0.2, 0) is 26.2 Å². The van der Waals surface area contributed by atoms with E-state index in [-0.39, 0.29) is 28.8 Å². The number of amides is 2. The van der Waals surface area contributed by atoms with Crippen molar-refractivity contribution in [3.63, 3.8) is 0 Å². The van der Waals surface area contributed by atoms with Gasteiger partial charge in [-0.2, -0.15) is 0 Å². The Labute approximate surface area is 261 Å². The van der Waals surface area contributed by atoms with E-state index < -0.39 is 28.5 Å². The quantitative estimate of drug-likeness (QED) is 0.224. The largest absolute Gasteiger partial charge is 0.494 e. The molecule has 44 heavy (non-hydrogen) atoms. The van der Waals surface area contributed by atoms with E-state index in [1.807, 2.05) is 45.0 Å². The smallest absolute Gasteiger partial charge is 0.264 e. The zero-order chi connectivity index (χ0) is 32.3. The molecule has 0 saturated heterocycles. The van der Waals surface area contributed by atoms with Gasteiger partial charge in [-0.3, -0.25) is 13.9 Å². The van der Waals surface area contributed by atoms with Crippen LogP contribution in [0.4, 0.5) is 5.69 Å². The topological polar surface area (TPSA) is 114 Å². The number of hydrogen-bond acceptors (Lipinski definition) is 7. The molecule has 0 aliphatic carbocycles. The maximum absolute atomic E-state index is 14.2. The van der Waals surface area contributed by atoms with Crippen molar-refractivity contribution >= 4 is 27.5 Å². The summed E-state index contributed by atoms with van der Waals surface area (Å²) >= 11 is 0. The number of methoxy groups -OCH3 is 2. The molecule has 1 unspecified atom stereocenters. The maximum atomic E-state index is 14.2. The molecule has 2 amide bonds. The molecule has 0 fully saturated rings. The molecule has 0 aliphatic heterocycles. The van der Waals surface area contributed by atoms with Crippen LogP contribution in [-0.4, -0.2) is 65.1 Å². The van der Waals surface area contributed by atoms with Gasteiger partial charge in [0.1, 0.15) is 18.3 Å². The summed E-state index contributed by atoms with van der Waals surface area (Å²) in [5.41, 5.74) is 2.06. The van der Waals surface area contributed by atoms with E-state index in [2.05, 4.69) is 5.32 Å². The predicted molar refractivity (Wildman–Crippen MR) is 171 cm³/mol. The molecule has 0 heterocycles. The number of aryl methyl sites for hydroxylation is 1. The number of hydrogen-bond donors (Lipinski definition) is 1. The Kier molecular flexibility index (Phi) is 12.5. The van der Waals surface area contributed by atoms with Gasteiger partial charge in [0.2, 0.25) is 11.8 Å². The molecule has 0 saturated carbocycles. The Morgan fingerprint density at radius 1 is 0.932 bits per heavy atom. The van der Waals surface area contributed by atoms with E-state index in [1.165, 1.54) is 37.3 Å². The summed E-state index contributed by atoms with van der Waals surface area (Å²) in [4.78, 5) is 28.7. The van der Waals surface area contributed by atoms with Crippen LogP contribution in [0.25, 0.3) is 0 Å². The van der Waals surface area contributed by atoms with E-state index in [4.69, 9.17) is 14.2 Å². The number of unbranched alkanes of at least 4 members (excludes halogenated alkanes) is 1. The van der Waals surface area contributed by atoms with Gasteiger partial charge >= 0.3 is 0 Å². The second-order valence-corrected chi connectivity index (χ2v) is 12.1. The zero-order valence-electron chi connectivity index (χ0n) is 26.3. The van der Waals surface area contributed by atoms with E-state index >= 15 is 0 Å². The lowest BCUT2D eigenvalue weighted by atomic mass is 10.1. The Balaban J connectivity index is 2.07. The SMILES string of the molecule is CCCCNC(=O)C(C)N(Cc1ccccc1C)C(=O)CN(c1ccc(OCC)cc1)S(=O)(=O)c1ccc(OC)c(OC)c1. The van der Waals surface area contributed by atoms with Gasteiger partial charge in [0, 0.05) is 19.2 Å². The third-order valence-electron chi connectivity index (χ3n) is 7.26. The molecule has 0 aliphatic rings. The van der Waals surface area contributed by atoms with E-state index in [0.29, 0.717) is 24.7 Å². The van der Waals surface area contributed by atoms with Crippen LogP contribution in [0.1, 0.15) is 44.7 Å². The lowest BCUT2D eigenvalue weighted by Gasteiger charge is -2.32. The summed E-state index contributed by atoms with van der Waals surface area (Å²) in [5.74, 6) is 0.303. The first-order valence-corrected chi connectivity index (χ1v) is 16.1. The molecule has 3 aromatic rings. The Bertz CT molecular complexity index is 1510. The monoisotopic (exact) mass is 625 g/mol. The molecule has 0 spiro atoms. The van der Waals surface area contributed by atoms with E-state index in [9.17, 15) is 18.0 Å². The van der Waals surface area contributed by atoms with Crippen molar-refractivity contribution in [2.45, 2.75) is 58.0 Å². The fourth-order valence-electron chi connectivity index (χ4n) is 4.60. The fourth-order valence-corrected chi connectivity index (χ4v) is 6.03. The van der Waals surface area contributed by atoms with Crippen LogP contribution in [0.2, 0.25) is 0 Å². The summed E-state index contributed by atoms with van der Waals surface area (Å²) in [5, 5.41) is 2.90. The van der Waals surface area contributed by atoms with Crippen molar-refractivity contribution in [1.29, 1.82) is 0 Å². The lowest BCUT2D eigenvalue weighted by molar-refractivity contribution is -0.139. The number of ether oxygens (including phenoxy) is 3. The lowest BCUT2D eigenvalue weighted by Crippen LogP contribution is -2.51. The average Bonchev–Trinajstić information content (AvgIpc) is 3.03. The van der Waals surface area contributed by atoms with Crippen molar-refractivity contribution in [2.24, 2.45) is 0 Å². The number of nitrogens with zero attached hydrogens (tertiary/aromatic N) is 2. The first-order chi connectivity index (χ1) is 21.1. The minimum absolute atomic E-state index is 0.0901. The second-order valence-electron chi connectivity index (χ2n) is 10.2. The molecule has 3 aromatic carbocycles. The van der Waals surface area contributed by atoms with E-state index in [1.54, 1.807) is 31.2 Å². The summed E-state index contributed by atoms with van der Waals surface area (Å²) in [7, 11) is -1.43.